The molecule has 10 nitrogen and oxygen atoms in total. The zero-order chi connectivity index (χ0) is 29.0. The molecule has 1 atom stereocenters. The minimum absolute atomic E-state index is 0.128. The first kappa shape index (κ1) is 29.0. The lowest BCUT2D eigenvalue weighted by Crippen LogP contribution is -2.24. The Morgan fingerprint density at radius 2 is 2.00 bits per heavy atom. The van der Waals surface area contributed by atoms with Crippen molar-refractivity contribution < 1.29 is 18.8 Å². The molecule has 0 aliphatic heterocycles. The maximum absolute atomic E-state index is 13.5. The summed E-state index contributed by atoms with van der Waals surface area (Å²) >= 11 is 6.62. The van der Waals surface area contributed by atoms with E-state index in [1.54, 1.807) is 18.2 Å². The first-order valence-corrected chi connectivity index (χ1v) is 13.6. The van der Waals surface area contributed by atoms with Gasteiger partial charge in [-0.3, -0.25) is 19.7 Å². The van der Waals surface area contributed by atoms with Crippen LogP contribution in [0.3, 0.4) is 0 Å². The van der Waals surface area contributed by atoms with Gasteiger partial charge in [-0.05, 0) is 48.9 Å². The standard InChI is InChI=1S/C27H22Br2FN5O5/c1-3-15(2)26-33-22-8-7-17(28)10-21(22)27(37)34(26)31-13-16-9-18(29)11-23(35(38)39)25(16)40-14-24(36)32-20-6-4-5-19(30)12-20/h4-13,15H,3,14H2,1-2H3,(H,32,36)/t15-/m1/s1. The van der Waals surface area contributed by atoms with E-state index in [-0.39, 0.29) is 22.9 Å². The molecule has 206 valence electrons. The van der Waals surface area contributed by atoms with Crippen LogP contribution in [0.5, 0.6) is 5.75 Å². The summed E-state index contributed by atoms with van der Waals surface area (Å²) in [6, 6.07) is 13.2. The van der Waals surface area contributed by atoms with E-state index in [9.17, 15) is 24.1 Å². The predicted octanol–water partition coefficient (Wildman–Crippen LogP) is 6.38. The van der Waals surface area contributed by atoms with E-state index in [1.807, 2.05) is 13.8 Å². The average molecular weight is 675 g/mol. The Morgan fingerprint density at radius 3 is 2.70 bits per heavy atom. The van der Waals surface area contributed by atoms with Crippen LogP contribution in [0.1, 0.15) is 37.6 Å². The number of carbonyl (C=O) groups is 1. The Labute approximate surface area is 244 Å². The van der Waals surface area contributed by atoms with Crippen molar-refractivity contribution in [3.05, 3.63) is 101 Å². The highest BCUT2D eigenvalue weighted by Gasteiger charge is 2.22. The number of aromatic nitrogens is 2. The van der Waals surface area contributed by atoms with Gasteiger partial charge in [0.15, 0.2) is 6.61 Å². The van der Waals surface area contributed by atoms with Gasteiger partial charge in [0.05, 0.1) is 22.0 Å². The molecule has 0 aliphatic rings. The van der Waals surface area contributed by atoms with Crippen molar-refractivity contribution in [1.29, 1.82) is 0 Å². The van der Waals surface area contributed by atoms with E-state index < -0.39 is 34.5 Å². The van der Waals surface area contributed by atoms with Crippen molar-refractivity contribution in [2.24, 2.45) is 5.10 Å². The quantitative estimate of drug-likeness (QED) is 0.125. The number of hydrogen-bond donors (Lipinski definition) is 1. The van der Waals surface area contributed by atoms with Gasteiger partial charge in [0.2, 0.25) is 5.75 Å². The number of nitrogens with zero attached hydrogens (tertiary/aromatic N) is 4. The summed E-state index contributed by atoms with van der Waals surface area (Å²) in [5, 5.41) is 19.0. The fourth-order valence-electron chi connectivity index (χ4n) is 3.79. The van der Waals surface area contributed by atoms with E-state index in [0.717, 1.165) is 10.7 Å². The SMILES string of the molecule is CC[C@@H](C)c1nc2ccc(Br)cc2c(=O)n1N=Cc1cc(Br)cc([N+](=O)[O-])c1OCC(=O)Nc1cccc(F)c1. The molecule has 1 amide bonds. The molecule has 0 radical (unpaired) electrons. The maximum Gasteiger partial charge on any atom is 0.312 e. The second-order valence-corrected chi connectivity index (χ2v) is 10.6. The van der Waals surface area contributed by atoms with E-state index in [1.165, 1.54) is 36.5 Å². The zero-order valence-corrected chi connectivity index (χ0v) is 24.4. The number of amides is 1. The molecular formula is C27H22Br2FN5O5. The monoisotopic (exact) mass is 673 g/mol. The minimum atomic E-state index is -0.662. The highest BCUT2D eigenvalue weighted by Crippen LogP contribution is 2.34. The second-order valence-electron chi connectivity index (χ2n) is 8.75. The maximum atomic E-state index is 13.5. The smallest absolute Gasteiger partial charge is 0.312 e. The first-order valence-electron chi connectivity index (χ1n) is 12.0. The lowest BCUT2D eigenvalue weighted by Gasteiger charge is -2.14. The molecular weight excluding hydrogens is 653 g/mol. The molecule has 0 aliphatic carbocycles. The number of halogens is 3. The van der Waals surface area contributed by atoms with Crippen LogP contribution in [0.2, 0.25) is 0 Å². The number of carbonyl (C=O) groups excluding carboxylic acids is 1. The Hall–Kier alpha value is -3.97. The van der Waals surface area contributed by atoms with Gasteiger partial charge in [-0.15, -0.1) is 0 Å². The summed E-state index contributed by atoms with van der Waals surface area (Å²) in [7, 11) is 0. The number of nitrogens with one attached hydrogen (secondary N) is 1. The van der Waals surface area contributed by atoms with E-state index in [4.69, 9.17) is 4.74 Å². The van der Waals surface area contributed by atoms with Gasteiger partial charge < -0.3 is 10.1 Å². The molecule has 1 heterocycles. The summed E-state index contributed by atoms with van der Waals surface area (Å²) < 4.78 is 21.2. The number of nitro groups is 1. The van der Waals surface area contributed by atoms with Gasteiger partial charge in [0.25, 0.3) is 11.5 Å². The summed E-state index contributed by atoms with van der Waals surface area (Å²) in [6.45, 7) is 3.26. The van der Waals surface area contributed by atoms with Crippen molar-refractivity contribution in [3.63, 3.8) is 0 Å². The van der Waals surface area contributed by atoms with Crippen LogP contribution in [0, 0.1) is 15.9 Å². The first-order chi connectivity index (χ1) is 19.1. The second kappa shape index (κ2) is 12.5. The zero-order valence-electron chi connectivity index (χ0n) is 21.2. The molecule has 4 rings (SSSR count). The van der Waals surface area contributed by atoms with Gasteiger partial charge in [0, 0.05) is 32.2 Å². The number of fused-ring (bicyclic) bond motifs is 1. The van der Waals surface area contributed by atoms with Gasteiger partial charge in [-0.25, -0.2) is 9.37 Å². The Kier molecular flexibility index (Phi) is 9.05. The molecule has 13 heteroatoms. The van der Waals surface area contributed by atoms with Gasteiger partial charge in [-0.2, -0.15) is 9.78 Å². The van der Waals surface area contributed by atoms with Crippen LogP contribution < -0.4 is 15.6 Å². The van der Waals surface area contributed by atoms with E-state index in [0.29, 0.717) is 32.1 Å². The lowest BCUT2D eigenvalue weighted by atomic mass is 10.1. The van der Waals surface area contributed by atoms with E-state index in [2.05, 4.69) is 47.3 Å². The van der Waals surface area contributed by atoms with Crippen LogP contribution in [0.4, 0.5) is 15.8 Å². The predicted molar refractivity (Wildman–Crippen MR) is 157 cm³/mol. The van der Waals surface area contributed by atoms with Crippen LogP contribution in [-0.2, 0) is 4.79 Å². The van der Waals surface area contributed by atoms with Crippen molar-refractivity contribution in [2.75, 3.05) is 11.9 Å². The van der Waals surface area contributed by atoms with Crippen LogP contribution in [-0.4, -0.2) is 33.3 Å². The number of nitro benzene ring substituents is 1. The fraction of sp³-hybridized carbons (Fsp3) is 0.185. The Morgan fingerprint density at radius 1 is 1.23 bits per heavy atom. The van der Waals surface area contributed by atoms with Crippen LogP contribution in [0.25, 0.3) is 10.9 Å². The average Bonchev–Trinajstić information content (AvgIpc) is 2.91. The Bertz CT molecular complexity index is 1710. The summed E-state index contributed by atoms with van der Waals surface area (Å²) in [6.07, 6.45) is 1.93. The van der Waals surface area contributed by atoms with Crippen molar-refractivity contribution in [2.45, 2.75) is 26.2 Å². The molecule has 1 aromatic heterocycles. The number of anilines is 1. The largest absolute Gasteiger partial charge is 0.476 e. The Balaban J connectivity index is 1.74. The highest BCUT2D eigenvalue weighted by molar-refractivity contribution is 9.10. The highest BCUT2D eigenvalue weighted by atomic mass is 79.9. The number of benzene rings is 3. The molecule has 3 aromatic carbocycles. The third-order valence-electron chi connectivity index (χ3n) is 5.91. The van der Waals surface area contributed by atoms with Crippen molar-refractivity contribution in [3.8, 4) is 5.75 Å². The number of hydrogen-bond acceptors (Lipinski definition) is 7. The van der Waals surface area contributed by atoms with Gasteiger partial charge in [0.1, 0.15) is 11.6 Å². The molecule has 0 saturated heterocycles. The van der Waals surface area contributed by atoms with Gasteiger partial charge >= 0.3 is 5.69 Å². The van der Waals surface area contributed by atoms with E-state index >= 15 is 0 Å². The molecule has 0 spiro atoms. The van der Waals surface area contributed by atoms with Crippen molar-refractivity contribution in [1.82, 2.24) is 9.66 Å². The molecule has 1 N–H and O–H groups in total. The van der Waals surface area contributed by atoms with Gasteiger partial charge in [-0.1, -0.05) is 51.8 Å². The minimum Gasteiger partial charge on any atom is -0.476 e. The third kappa shape index (κ3) is 6.59. The molecule has 40 heavy (non-hydrogen) atoms. The molecule has 0 unspecified atom stereocenters. The number of ether oxygens (including phenoxy) is 1. The normalized spacial score (nSPS) is 12.0. The topological polar surface area (TPSA) is 129 Å². The summed E-state index contributed by atoms with van der Waals surface area (Å²) in [4.78, 5) is 41.7. The van der Waals surface area contributed by atoms with Crippen LogP contribution in [0.15, 0.2) is 73.4 Å². The van der Waals surface area contributed by atoms with Crippen molar-refractivity contribution >= 4 is 66.3 Å². The molecule has 4 aromatic rings. The van der Waals surface area contributed by atoms with Crippen LogP contribution >= 0.6 is 31.9 Å². The molecule has 0 saturated carbocycles. The summed E-state index contributed by atoms with van der Waals surface area (Å²) in [5.74, 6) is -1.15. The fourth-order valence-corrected chi connectivity index (χ4v) is 4.61. The lowest BCUT2D eigenvalue weighted by molar-refractivity contribution is -0.385. The number of rotatable bonds is 9. The molecule has 0 fully saturated rings. The molecule has 0 bridgehead atoms. The summed E-state index contributed by atoms with van der Waals surface area (Å²) in [5.41, 5.74) is 0.00848. The third-order valence-corrected chi connectivity index (χ3v) is 6.87.